The molecule has 24 heavy (non-hydrogen) atoms. The molecule has 2 rings (SSSR count). The molecule has 1 N–H and O–H groups in total. The molecule has 1 amide bonds. The molecule has 1 aliphatic rings. The molecule has 132 valence electrons. The van der Waals surface area contributed by atoms with Gasteiger partial charge in [-0.1, -0.05) is 63.9 Å². The van der Waals surface area contributed by atoms with E-state index in [1.165, 1.54) is 6.42 Å². The van der Waals surface area contributed by atoms with Crippen molar-refractivity contribution in [3.05, 3.63) is 35.9 Å². The number of hydrogen-bond acceptors (Lipinski definition) is 3. The Hall–Kier alpha value is -1.84. The second-order valence-corrected chi connectivity index (χ2v) is 7.12. The molecule has 1 aliphatic carbocycles. The number of benzene rings is 1. The molecule has 4 heteroatoms. The standard InChI is InChI=1S/C20H29NO3/c1-14-8-7-11-18(16(14)3)21-19(22)13-24-20(23)12-15(2)17-9-5-4-6-10-17/h4-6,9-10,14-16,18H,7-8,11-13H2,1-3H3,(H,21,22). The molecule has 0 heterocycles. The predicted molar refractivity (Wildman–Crippen MR) is 94.5 cm³/mol. The van der Waals surface area contributed by atoms with Gasteiger partial charge in [-0.25, -0.2) is 0 Å². The van der Waals surface area contributed by atoms with Crippen LogP contribution in [0, 0.1) is 11.8 Å². The van der Waals surface area contributed by atoms with E-state index in [-0.39, 0.29) is 36.9 Å². The average Bonchev–Trinajstić information content (AvgIpc) is 2.58. The third-order valence-electron chi connectivity index (χ3n) is 5.26. The molecule has 0 spiro atoms. The van der Waals surface area contributed by atoms with Crippen molar-refractivity contribution in [1.29, 1.82) is 0 Å². The summed E-state index contributed by atoms with van der Waals surface area (Å²) in [7, 11) is 0. The molecule has 1 aromatic rings. The van der Waals surface area contributed by atoms with Gasteiger partial charge in [0.15, 0.2) is 6.61 Å². The Labute approximate surface area is 145 Å². The minimum atomic E-state index is -0.327. The van der Waals surface area contributed by atoms with Crippen LogP contribution in [0.25, 0.3) is 0 Å². The van der Waals surface area contributed by atoms with Gasteiger partial charge in [-0.15, -0.1) is 0 Å². The molecule has 4 unspecified atom stereocenters. The first-order chi connectivity index (χ1) is 11.5. The number of rotatable bonds is 6. The van der Waals surface area contributed by atoms with E-state index >= 15 is 0 Å². The van der Waals surface area contributed by atoms with Crippen molar-refractivity contribution >= 4 is 11.9 Å². The fraction of sp³-hybridized carbons (Fsp3) is 0.600. The van der Waals surface area contributed by atoms with Crippen LogP contribution in [0.5, 0.6) is 0 Å². The van der Waals surface area contributed by atoms with E-state index in [2.05, 4.69) is 19.2 Å². The van der Waals surface area contributed by atoms with Gasteiger partial charge in [0.2, 0.25) is 0 Å². The van der Waals surface area contributed by atoms with Crippen molar-refractivity contribution < 1.29 is 14.3 Å². The van der Waals surface area contributed by atoms with Gasteiger partial charge in [-0.05, 0) is 29.7 Å². The summed E-state index contributed by atoms with van der Waals surface area (Å²) in [6.07, 6.45) is 3.66. The molecular weight excluding hydrogens is 302 g/mol. The van der Waals surface area contributed by atoms with Crippen LogP contribution in [0.3, 0.4) is 0 Å². The van der Waals surface area contributed by atoms with E-state index in [0.717, 1.165) is 18.4 Å². The van der Waals surface area contributed by atoms with Gasteiger partial charge >= 0.3 is 5.97 Å². The van der Waals surface area contributed by atoms with Crippen LogP contribution in [-0.4, -0.2) is 24.5 Å². The van der Waals surface area contributed by atoms with Crippen molar-refractivity contribution in [3.63, 3.8) is 0 Å². The molecule has 0 radical (unpaired) electrons. The highest BCUT2D eigenvalue weighted by atomic mass is 16.5. The maximum absolute atomic E-state index is 12.0. The van der Waals surface area contributed by atoms with Crippen LogP contribution in [-0.2, 0) is 14.3 Å². The monoisotopic (exact) mass is 331 g/mol. The molecule has 0 saturated heterocycles. The first-order valence-electron chi connectivity index (χ1n) is 8.97. The Morgan fingerprint density at radius 3 is 2.62 bits per heavy atom. The molecule has 0 aliphatic heterocycles. The molecule has 1 saturated carbocycles. The second-order valence-electron chi connectivity index (χ2n) is 7.12. The molecule has 1 fully saturated rings. The molecule has 4 nitrogen and oxygen atoms in total. The van der Waals surface area contributed by atoms with Gasteiger partial charge in [0.05, 0.1) is 6.42 Å². The maximum atomic E-state index is 12.0. The lowest BCUT2D eigenvalue weighted by Gasteiger charge is -2.34. The highest BCUT2D eigenvalue weighted by Crippen LogP contribution is 2.29. The van der Waals surface area contributed by atoms with Gasteiger partial charge in [0, 0.05) is 6.04 Å². The Morgan fingerprint density at radius 1 is 1.21 bits per heavy atom. The van der Waals surface area contributed by atoms with Gasteiger partial charge in [-0.3, -0.25) is 9.59 Å². The van der Waals surface area contributed by atoms with Crippen molar-refractivity contribution in [3.8, 4) is 0 Å². The first-order valence-corrected chi connectivity index (χ1v) is 8.97. The van der Waals surface area contributed by atoms with E-state index in [0.29, 0.717) is 11.8 Å². The fourth-order valence-corrected chi connectivity index (χ4v) is 3.39. The zero-order chi connectivity index (χ0) is 17.5. The summed E-state index contributed by atoms with van der Waals surface area (Å²) in [6, 6.07) is 10.1. The number of ether oxygens (including phenoxy) is 1. The summed E-state index contributed by atoms with van der Waals surface area (Å²) in [5.74, 6) is 0.657. The predicted octanol–water partition coefficient (Wildman–Crippen LogP) is 3.66. The Balaban J connectivity index is 1.72. The average molecular weight is 331 g/mol. The number of hydrogen-bond donors (Lipinski definition) is 1. The third-order valence-corrected chi connectivity index (χ3v) is 5.26. The van der Waals surface area contributed by atoms with Crippen LogP contribution in [0.1, 0.15) is 57.9 Å². The van der Waals surface area contributed by atoms with Crippen molar-refractivity contribution in [1.82, 2.24) is 5.32 Å². The van der Waals surface area contributed by atoms with Gasteiger partial charge < -0.3 is 10.1 Å². The van der Waals surface area contributed by atoms with Crippen LogP contribution in [0.15, 0.2) is 30.3 Å². The van der Waals surface area contributed by atoms with Crippen molar-refractivity contribution in [2.24, 2.45) is 11.8 Å². The largest absolute Gasteiger partial charge is 0.456 e. The van der Waals surface area contributed by atoms with Crippen molar-refractivity contribution in [2.45, 2.75) is 58.4 Å². The first kappa shape index (κ1) is 18.5. The highest BCUT2D eigenvalue weighted by Gasteiger charge is 2.28. The molecular formula is C20H29NO3. The summed E-state index contributed by atoms with van der Waals surface area (Å²) in [6.45, 7) is 6.22. The minimum absolute atomic E-state index is 0.0842. The van der Waals surface area contributed by atoms with Crippen LogP contribution < -0.4 is 5.32 Å². The van der Waals surface area contributed by atoms with Gasteiger partial charge in [0.1, 0.15) is 0 Å². The van der Waals surface area contributed by atoms with Crippen molar-refractivity contribution in [2.75, 3.05) is 6.61 Å². The Morgan fingerprint density at radius 2 is 1.92 bits per heavy atom. The number of carbonyl (C=O) groups excluding carboxylic acids is 2. The lowest BCUT2D eigenvalue weighted by atomic mass is 9.78. The smallest absolute Gasteiger partial charge is 0.306 e. The Bertz CT molecular complexity index is 543. The SMILES string of the molecule is CC(CC(=O)OCC(=O)NC1CCCC(C)C1C)c1ccccc1. The highest BCUT2D eigenvalue weighted by molar-refractivity contribution is 5.81. The maximum Gasteiger partial charge on any atom is 0.306 e. The second kappa shape index (κ2) is 8.86. The molecule has 1 aromatic carbocycles. The molecule has 0 aromatic heterocycles. The van der Waals surface area contributed by atoms with Crippen LogP contribution in [0.4, 0.5) is 0 Å². The lowest BCUT2D eigenvalue weighted by Crippen LogP contribution is -2.45. The summed E-state index contributed by atoms with van der Waals surface area (Å²) >= 11 is 0. The number of amides is 1. The van der Waals surface area contributed by atoms with E-state index in [9.17, 15) is 9.59 Å². The summed E-state index contributed by atoms with van der Waals surface area (Å²) < 4.78 is 5.15. The van der Waals surface area contributed by atoms with E-state index in [1.807, 2.05) is 37.3 Å². The Kier molecular flexibility index (Phi) is 6.83. The number of nitrogens with one attached hydrogen (secondary N) is 1. The quantitative estimate of drug-likeness (QED) is 0.809. The fourth-order valence-electron chi connectivity index (χ4n) is 3.39. The van der Waals surface area contributed by atoms with E-state index in [1.54, 1.807) is 0 Å². The third kappa shape index (κ3) is 5.36. The normalized spacial score (nSPS) is 24.9. The van der Waals surface area contributed by atoms with E-state index in [4.69, 9.17) is 4.74 Å². The van der Waals surface area contributed by atoms with Crippen LogP contribution >= 0.6 is 0 Å². The summed E-state index contributed by atoms with van der Waals surface area (Å²) in [5, 5.41) is 3.02. The van der Waals surface area contributed by atoms with Gasteiger partial charge in [0.25, 0.3) is 5.91 Å². The molecule has 4 atom stereocenters. The zero-order valence-electron chi connectivity index (χ0n) is 15.0. The van der Waals surface area contributed by atoms with Crippen LogP contribution in [0.2, 0.25) is 0 Å². The minimum Gasteiger partial charge on any atom is -0.456 e. The number of esters is 1. The molecule has 0 bridgehead atoms. The van der Waals surface area contributed by atoms with Gasteiger partial charge in [-0.2, -0.15) is 0 Å². The van der Waals surface area contributed by atoms with E-state index < -0.39 is 0 Å². The summed E-state index contributed by atoms with van der Waals surface area (Å²) in [4.78, 5) is 24.0. The number of carbonyl (C=O) groups is 2. The summed E-state index contributed by atoms with van der Waals surface area (Å²) in [5.41, 5.74) is 1.10. The zero-order valence-corrected chi connectivity index (χ0v) is 15.0. The topological polar surface area (TPSA) is 55.4 Å². The lowest BCUT2D eigenvalue weighted by molar-refractivity contribution is -0.149.